The van der Waals surface area contributed by atoms with Crippen LogP contribution in [0.4, 0.5) is 0 Å². The van der Waals surface area contributed by atoms with Crippen LogP contribution in [0, 0.1) is 19.8 Å². The van der Waals surface area contributed by atoms with E-state index in [0.717, 1.165) is 13.2 Å². The second-order valence-corrected chi connectivity index (χ2v) is 5.01. The molecule has 0 radical (unpaired) electrons. The number of rotatable bonds is 3. The fraction of sp³-hybridized carbons (Fsp3) is 0.600. The number of hydrogen-bond acceptors (Lipinski definition) is 2. The van der Waals surface area contributed by atoms with Crippen molar-refractivity contribution < 1.29 is 4.74 Å². The summed E-state index contributed by atoms with van der Waals surface area (Å²) in [5.74, 6) is 0.703. The van der Waals surface area contributed by atoms with Crippen molar-refractivity contribution in [2.24, 2.45) is 5.92 Å². The van der Waals surface area contributed by atoms with Crippen LogP contribution in [-0.4, -0.2) is 20.3 Å². The van der Waals surface area contributed by atoms with Crippen LogP contribution in [-0.2, 0) is 4.74 Å². The van der Waals surface area contributed by atoms with Gasteiger partial charge in [-0.05, 0) is 56.3 Å². The molecule has 1 heterocycles. The second-order valence-electron chi connectivity index (χ2n) is 5.01. The van der Waals surface area contributed by atoms with Gasteiger partial charge in [-0.2, -0.15) is 0 Å². The van der Waals surface area contributed by atoms with Crippen LogP contribution >= 0.6 is 0 Å². The third-order valence-electron chi connectivity index (χ3n) is 4.03. The van der Waals surface area contributed by atoms with Gasteiger partial charge in [0.05, 0.1) is 0 Å². The Morgan fingerprint density at radius 2 is 1.94 bits per heavy atom. The van der Waals surface area contributed by atoms with E-state index in [0.29, 0.717) is 12.0 Å². The van der Waals surface area contributed by atoms with Crippen LogP contribution in [0.3, 0.4) is 0 Å². The fourth-order valence-electron chi connectivity index (χ4n) is 2.80. The topological polar surface area (TPSA) is 21.3 Å². The number of aryl methyl sites for hydroxylation is 1. The van der Waals surface area contributed by atoms with Crippen molar-refractivity contribution in [3.63, 3.8) is 0 Å². The third-order valence-corrected chi connectivity index (χ3v) is 4.03. The summed E-state index contributed by atoms with van der Waals surface area (Å²) < 4.78 is 5.46. The molecule has 0 spiro atoms. The maximum absolute atomic E-state index is 5.46. The number of hydrogen-bond donors (Lipinski definition) is 1. The minimum Gasteiger partial charge on any atom is -0.381 e. The molecule has 1 N–H and O–H groups in total. The minimum absolute atomic E-state index is 0.471. The summed E-state index contributed by atoms with van der Waals surface area (Å²) in [6.07, 6.45) is 2.33. The number of benzene rings is 1. The first-order valence-electron chi connectivity index (χ1n) is 6.55. The molecular formula is C15H23NO. The molecule has 1 atom stereocenters. The molecule has 2 rings (SSSR count). The fourth-order valence-corrected chi connectivity index (χ4v) is 2.80. The second kappa shape index (κ2) is 5.65. The van der Waals surface area contributed by atoms with E-state index in [1.807, 2.05) is 0 Å². The first-order valence-corrected chi connectivity index (χ1v) is 6.55. The Hall–Kier alpha value is -0.860. The van der Waals surface area contributed by atoms with E-state index in [2.05, 4.69) is 44.4 Å². The average Bonchev–Trinajstić information content (AvgIpc) is 2.37. The van der Waals surface area contributed by atoms with Gasteiger partial charge >= 0.3 is 0 Å². The lowest BCUT2D eigenvalue weighted by molar-refractivity contribution is 0.0545. The van der Waals surface area contributed by atoms with Gasteiger partial charge in [0.1, 0.15) is 0 Å². The van der Waals surface area contributed by atoms with E-state index in [9.17, 15) is 0 Å². The Morgan fingerprint density at radius 3 is 2.59 bits per heavy atom. The van der Waals surface area contributed by atoms with Crippen molar-refractivity contribution >= 4 is 0 Å². The molecule has 1 aromatic rings. The predicted molar refractivity (Wildman–Crippen MR) is 71.3 cm³/mol. The Kier molecular flexibility index (Phi) is 4.19. The predicted octanol–water partition coefficient (Wildman–Crippen LogP) is 2.99. The van der Waals surface area contributed by atoms with E-state index in [1.54, 1.807) is 0 Å². The van der Waals surface area contributed by atoms with E-state index in [4.69, 9.17) is 4.74 Å². The van der Waals surface area contributed by atoms with Crippen molar-refractivity contribution in [3.8, 4) is 0 Å². The highest BCUT2D eigenvalue weighted by atomic mass is 16.5. The van der Waals surface area contributed by atoms with Crippen molar-refractivity contribution in [3.05, 3.63) is 34.9 Å². The van der Waals surface area contributed by atoms with Gasteiger partial charge in [-0.3, -0.25) is 0 Å². The van der Waals surface area contributed by atoms with Gasteiger partial charge < -0.3 is 10.1 Å². The average molecular weight is 233 g/mol. The van der Waals surface area contributed by atoms with Gasteiger partial charge in [0.2, 0.25) is 0 Å². The molecule has 94 valence electrons. The Balaban J connectivity index is 2.24. The summed E-state index contributed by atoms with van der Waals surface area (Å²) in [5, 5.41) is 3.50. The zero-order valence-electron chi connectivity index (χ0n) is 11.1. The molecule has 1 aliphatic heterocycles. The van der Waals surface area contributed by atoms with Gasteiger partial charge in [0.25, 0.3) is 0 Å². The standard InChI is InChI=1S/C15H23NO/c1-11-5-4-6-14(12(11)2)15(16-3)13-7-9-17-10-8-13/h4-6,13,15-16H,7-10H2,1-3H3. The van der Waals surface area contributed by atoms with Crippen LogP contribution in [0.2, 0.25) is 0 Å². The van der Waals surface area contributed by atoms with Crippen LogP contribution in [0.25, 0.3) is 0 Å². The quantitative estimate of drug-likeness (QED) is 0.866. The van der Waals surface area contributed by atoms with Crippen LogP contribution in [0.15, 0.2) is 18.2 Å². The van der Waals surface area contributed by atoms with Crippen LogP contribution in [0.5, 0.6) is 0 Å². The van der Waals surface area contributed by atoms with E-state index in [-0.39, 0.29) is 0 Å². The van der Waals surface area contributed by atoms with Gasteiger partial charge in [-0.15, -0.1) is 0 Å². The zero-order chi connectivity index (χ0) is 12.3. The molecule has 2 nitrogen and oxygen atoms in total. The third kappa shape index (κ3) is 2.70. The highest BCUT2D eigenvalue weighted by Crippen LogP contribution is 2.32. The summed E-state index contributed by atoms with van der Waals surface area (Å²) in [5.41, 5.74) is 4.27. The monoisotopic (exact) mass is 233 g/mol. The molecule has 17 heavy (non-hydrogen) atoms. The highest BCUT2D eigenvalue weighted by molar-refractivity contribution is 5.35. The molecule has 1 fully saturated rings. The Labute approximate surface area is 104 Å². The van der Waals surface area contributed by atoms with Gasteiger partial charge in [0, 0.05) is 19.3 Å². The molecule has 1 unspecified atom stereocenters. The maximum atomic E-state index is 5.46. The molecular weight excluding hydrogens is 210 g/mol. The molecule has 0 amide bonds. The smallest absolute Gasteiger partial charge is 0.0469 e. The van der Waals surface area contributed by atoms with Crippen molar-refractivity contribution in [1.82, 2.24) is 5.32 Å². The summed E-state index contributed by atoms with van der Waals surface area (Å²) >= 11 is 0. The summed E-state index contributed by atoms with van der Waals surface area (Å²) in [6.45, 7) is 6.24. The zero-order valence-corrected chi connectivity index (χ0v) is 11.1. The van der Waals surface area contributed by atoms with Crippen LogP contribution in [0.1, 0.15) is 35.6 Å². The summed E-state index contributed by atoms with van der Waals surface area (Å²) in [6, 6.07) is 7.09. The molecule has 1 aliphatic rings. The van der Waals surface area contributed by atoms with Crippen molar-refractivity contribution in [2.45, 2.75) is 32.7 Å². The first kappa shape index (κ1) is 12.6. The highest BCUT2D eigenvalue weighted by Gasteiger charge is 2.25. The lowest BCUT2D eigenvalue weighted by Crippen LogP contribution is -2.30. The molecule has 1 saturated heterocycles. The first-order chi connectivity index (χ1) is 8.24. The SMILES string of the molecule is CNC(c1cccc(C)c1C)C1CCOCC1. The Bertz CT molecular complexity index is 369. The van der Waals surface area contributed by atoms with E-state index < -0.39 is 0 Å². The Morgan fingerprint density at radius 1 is 1.24 bits per heavy atom. The van der Waals surface area contributed by atoms with Crippen molar-refractivity contribution in [2.75, 3.05) is 20.3 Å². The normalized spacial score (nSPS) is 19.2. The lowest BCUT2D eigenvalue weighted by atomic mass is 9.84. The number of ether oxygens (including phenoxy) is 1. The molecule has 0 bridgehead atoms. The van der Waals surface area contributed by atoms with Gasteiger partial charge in [-0.25, -0.2) is 0 Å². The molecule has 0 aliphatic carbocycles. The molecule has 2 heteroatoms. The molecule has 0 aromatic heterocycles. The molecule has 1 aromatic carbocycles. The largest absolute Gasteiger partial charge is 0.381 e. The lowest BCUT2D eigenvalue weighted by Gasteiger charge is -2.31. The van der Waals surface area contributed by atoms with E-state index in [1.165, 1.54) is 29.5 Å². The molecule has 0 saturated carbocycles. The van der Waals surface area contributed by atoms with Gasteiger partial charge in [0.15, 0.2) is 0 Å². The minimum atomic E-state index is 0.471. The summed E-state index contributed by atoms with van der Waals surface area (Å²) in [4.78, 5) is 0. The number of nitrogens with one attached hydrogen (secondary N) is 1. The van der Waals surface area contributed by atoms with Crippen LogP contribution < -0.4 is 5.32 Å². The van der Waals surface area contributed by atoms with Crippen molar-refractivity contribution in [1.29, 1.82) is 0 Å². The maximum Gasteiger partial charge on any atom is 0.0469 e. The van der Waals surface area contributed by atoms with Gasteiger partial charge in [-0.1, -0.05) is 18.2 Å². The summed E-state index contributed by atoms with van der Waals surface area (Å²) in [7, 11) is 2.07. The van der Waals surface area contributed by atoms with E-state index >= 15 is 0 Å².